The van der Waals surface area contributed by atoms with Gasteiger partial charge in [-0.15, -0.1) is 22.7 Å². The summed E-state index contributed by atoms with van der Waals surface area (Å²) >= 11 is 3.86. The Hall–Kier alpha value is -16.4. The van der Waals surface area contributed by atoms with Crippen LogP contribution in [0.5, 0.6) is 0 Å². The van der Waals surface area contributed by atoms with Gasteiger partial charge in [-0.25, -0.2) is 8.78 Å². The predicted molar refractivity (Wildman–Crippen MR) is 596 cm³/mol. The molecule has 0 bridgehead atoms. The van der Waals surface area contributed by atoms with Crippen LogP contribution < -0.4 is 19.6 Å². The first-order valence-electron chi connectivity index (χ1n) is 49.0. The number of para-hydroxylation sites is 6. The lowest BCUT2D eigenvalue weighted by Crippen LogP contribution is -2.24. The van der Waals surface area contributed by atoms with Gasteiger partial charge in [0.25, 0.3) is 0 Å². The molecule has 0 spiro atoms. The standard InChI is InChI=1S/C70H53FN2S.C64H49FN2S/c1-69(2)59-44-52(72(51-32-18-9-19-33-51)62-36-22-20-34-54(62)47-26-12-6-13-27-47)38-40-56(59)67-64(69)65-68(74-67)57-41-39-53(45-60(57)70(65,3)4)73(63-37-23-21-35-55(63)48-28-14-7-15-29-48)66-58(49-30-16-8-17-31-49)42-50(43-61(66)71)46-24-10-5-11-25-46;1-63(2)54-40-48(66(46-28-16-8-17-29-46)57-33-21-20-32-50(57)43-24-12-6-13-25-43)34-36-51(54)61-58(63)59-62(68-61)52-37-35-49(41-55(52)64(59,3)4)67(47-30-18-9-19-31-47)60-53(44-26-14-7-15-27-44)38-45(39-56(60)65)42-22-10-5-11-23-42/h5-45H,1-4H3;5-41H,1-4H3. The fraction of sp³-hybridized carbons (Fsp3) is 0.0896. The molecular weight excluding hydrogens is 1770 g/mol. The van der Waals surface area contributed by atoms with Crippen LogP contribution >= 0.6 is 22.7 Å². The lowest BCUT2D eigenvalue weighted by molar-refractivity contribution is 0.603. The van der Waals surface area contributed by atoms with Crippen molar-refractivity contribution in [2.45, 2.75) is 77.0 Å². The average molecular weight is 1870 g/mol. The van der Waals surface area contributed by atoms with Gasteiger partial charge in [0.15, 0.2) is 0 Å². The van der Waals surface area contributed by atoms with Gasteiger partial charge in [-0.2, -0.15) is 0 Å². The van der Waals surface area contributed by atoms with Crippen molar-refractivity contribution in [3.05, 3.63) is 529 Å². The van der Waals surface area contributed by atoms with Gasteiger partial charge in [-0.1, -0.05) is 401 Å². The van der Waals surface area contributed by atoms with Crippen molar-refractivity contribution >= 4 is 90.9 Å². The van der Waals surface area contributed by atoms with E-state index in [1.807, 2.05) is 144 Å². The van der Waals surface area contributed by atoms with Crippen molar-refractivity contribution in [2.24, 2.45) is 0 Å². The summed E-state index contributed by atoms with van der Waals surface area (Å²) in [5.74, 6) is -0.572. The van der Waals surface area contributed by atoms with Gasteiger partial charge >= 0.3 is 0 Å². The molecule has 0 atom stereocenters. The molecule has 25 rings (SSSR count). The van der Waals surface area contributed by atoms with Crippen LogP contribution in [-0.2, 0) is 21.7 Å². The number of rotatable bonds is 19. The molecule has 0 saturated heterocycles. The van der Waals surface area contributed by atoms with Crippen molar-refractivity contribution in [3.63, 3.8) is 0 Å². The van der Waals surface area contributed by atoms with E-state index in [0.717, 1.165) is 113 Å². The van der Waals surface area contributed by atoms with Gasteiger partial charge in [-0.05, 0) is 244 Å². The number of benzene rings is 19. The molecule has 0 aliphatic heterocycles. The molecule has 0 saturated carbocycles. The summed E-state index contributed by atoms with van der Waals surface area (Å²) in [5, 5.41) is 0. The summed E-state index contributed by atoms with van der Waals surface area (Å²) in [6, 6.07) is 166. The predicted octanol–water partition coefficient (Wildman–Crippen LogP) is 38.5. The molecule has 8 heteroatoms. The van der Waals surface area contributed by atoms with E-state index < -0.39 is 0 Å². The third-order valence-electron chi connectivity index (χ3n) is 29.7. The van der Waals surface area contributed by atoms with Gasteiger partial charge < -0.3 is 19.6 Å². The molecule has 0 radical (unpaired) electrons. The lowest BCUT2D eigenvalue weighted by Gasteiger charge is -2.32. The zero-order chi connectivity index (χ0) is 96.3. The molecular formula is C134H102F2N4S2. The Kier molecular flexibility index (Phi) is 22.1. The minimum atomic E-state index is -0.375. The second-order valence-electron chi connectivity index (χ2n) is 39.6. The van der Waals surface area contributed by atoms with Crippen molar-refractivity contribution < 1.29 is 8.78 Å². The fourth-order valence-corrected chi connectivity index (χ4v) is 26.4. The van der Waals surface area contributed by atoms with Gasteiger partial charge in [0, 0.05) is 109 Å². The molecule has 21 aromatic rings. The minimum Gasteiger partial charge on any atom is -0.310 e. The van der Waals surface area contributed by atoms with Gasteiger partial charge in [0.1, 0.15) is 11.6 Å². The second-order valence-corrected chi connectivity index (χ2v) is 41.7. The number of halogens is 2. The van der Waals surface area contributed by atoms with Crippen LogP contribution in [0, 0.1) is 11.6 Å². The van der Waals surface area contributed by atoms with Crippen molar-refractivity contribution in [1.29, 1.82) is 0 Å². The highest BCUT2D eigenvalue weighted by molar-refractivity contribution is 7.20. The molecule has 2 heterocycles. The molecule has 142 heavy (non-hydrogen) atoms. The Morgan fingerprint density at radius 2 is 0.380 bits per heavy atom. The van der Waals surface area contributed by atoms with E-state index in [4.69, 9.17) is 0 Å². The van der Waals surface area contributed by atoms with Crippen LogP contribution in [-0.4, -0.2) is 0 Å². The van der Waals surface area contributed by atoms with E-state index in [-0.39, 0.29) is 33.3 Å². The first-order chi connectivity index (χ1) is 69.3. The largest absolute Gasteiger partial charge is 0.310 e. The monoisotopic (exact) mass is 1870 g/mol. The molecule has 4 aliphatic rings. The van der Waals surface area contributed by atoms with Crippen molar-refractivity contribution in [1.82, 2.24) is 0 Å². The third kappa shape index (κ3) is 15.0. The molecule has 0 fully saturated rings. The molecule has 0 amide bonds. The Bertz CT molecular complexity index is 8390. The highest BCUT2D eigenvalue weighted by atomic mass is 32.1. The first kappa shape index (κ1) is 88.3. The quantitative estimate of drug-likeness (QED) is 0.0800. The molecule has 684 valence electrons. The highest BCUT2D eigenvalue weighted by Gasteiger charge is 2.51. The molecule has 4 aliphatic carbocycles. The van der Waals surface area contributed by atoms with Crippen molar-refractivity contribution in [2.75, 3.05) is 19.6 Å². The van der Waals surface area contributed by atoms with Gasteiger partial charge in [-0.3, -0.25) is 0 Å². The lowest BCUT2D eigenvalue weighted by atomic mass is 9.74. The zero-order valence-electron chi connectivity index (χ0n) is 80.4. The van der Waals surface area contributed by atoms with Crippen LogP contribution in [0.4, 0.5) is 77.0 Å². The summed E-state index contributed by atoms with van der Waals surface area (Å²) in [7, 11) is 0. The normalized spacial score (nSPS) is 13.5. The SMILES string of the molecule is CC1(C)c2cc(N(c3ccccc3)c3ccccc3-c3ccccc3)ccc2-c2sc3c(c21)C(C)(C)c1cc(N(c2ccccc2)c2c(F)cc(-c4ccccc4)cc2-c2ccccc2)ccc1-3.CC1(C)c2cc(N(c3ccccc3)c3ccccc3-c3ccccc3)ccc2-c2sc3c(c21)C(C)(C)c1cc(N(c2ccccc2-c2ccccc2)c2c(F)cc(-c4ccccc4)cc2-c2ccccc2)ccc1-3. The Morgan fingerprint density at radius 1 is 0.169 bits per heavy atom. The summed E-state index contributed by atoms with van der Waals surface area (Å²) < 4.78 is 35.3. The number of hydrogen-bond donors (Lipinski definition) is 0. The number of hydrogen-bond acceptors (Lipinski definition) is 6. The number of thiophene rings is 2. The molecule has 4 nitrogen and oxygen atoms in total. The van der Waals surface area contributed by atoms with E-state index >= 15 is 8.78 Å². The maximum Gasteiger partial charge on any atom is 0.148 e. The van der Waals surface area contributed by atoms with E-state index in [1.165, 1.54) is 109 Å². The Labute approximate surface area is 839 Å². The fourth-order valence-electron chi connectivity index (χ4n) is 23.0. The topological polar surface area (TPSA) is 13.0 Å². The minimum absolute atomic E-state index is 0.279. The van der Waals surface area contributed by atoms with Gasteiger partial charge in [0.2, 0.25) is 0 Å². The molecule has 0 N–H and O–H groups in total. The summed E-state index contributed by atoms with van der Waals surface area (Å²) in [5.41, 5.74) is 39.9. The maximum atomic E-state index is 17.9. The first-order valence-corrected chi connectivity index (χ1v) is 50.6. The number of fused-ring (bicyclic) bond motifs is 14. The molecule has 19 aromatic carbocycles. The Balaban J connectivity index is 0.000000154. The van der Waals surface area contributed by atoms with E-state index in [2.05, 4.69) is 415 Å². The summed E-state index contributed by atoms with van der Waals surface area (Å²) in [6.45, 7) is 19.2. The van der Waals surface area contributed by atoms with E-state index in [0.29, 0.717) is 11.4 Å². The van der Waals surface area contributed by atoms with Crippen LogP contribution in [0.15, 0.2) is 473 Å². The van der Waals surface area contributed by atoms with Crippen LogP contribution in [0.1, 0.15) is 99.9 Å². The van der Waals surface area contributed by atoms with Gasteiger partial charge in [0.05, 0.1) is 28.4 Å². The highest BCUT2D eigenvalue weighted by Crippen LogP contribution is 2.68. The smallest absolute Gasteiger partial charge is 0.148 e. The van der Waals surface area contributed by atoms with E-state index in [9.17, 15) is 0 Å². The number of anilines is 12. The molecule has 2 aromatic heterocycles. The maximum absolute atomic E-state index is 17.9. The summed E-state index contributed by atoms with van der Waals surface area (Å²) in [4.78, 5) is 14.5. The molecule has 0 unspecified atom stereocenters. The van der Waals surface area contributed by atoms with Crippen LogP contribution in [0.2, 0.25) is 0 Å². The number of nitrogens with zero attached hydrogens (tertiary/aromatic N) is 4. The van der Waals surface area contributed by atoms with Crippen LogP contribution in [0.3, 0.4) is 0 Å². The van der Waals surface area contributed by atoms with Crippen LogP contribution in [0.25, 0.3) is 120 Å². The summed E-state index contributed by atoms with van der Waals surface area (Å²) in [6.07, 6.45) is 0. The third-order valence-corrected chi connectivity index (χ3v) is 32.2. The zero-order valence-corrected chi connectivity index (χ0v) is 82.0. The average Bonchev–Trinajstić information content (AvgIpc) is 1.52. The van der Waals surface area contributed by atoms with E-state index in [1.54, 1.807) is 12.1 Å². The Morgan fingerprint density at radius 3 is 0.662 bits per heavy atom. The van der Waals surface area contributed by atoms with Crippen molar-refractivity contribution in [3.8, 4) is 120 Å². The second kappa shape index (κ2) is 35.5.